The van der Waals surface area contributed by atoms with Crippen molar-refractivity contribution in [3.8, 4) is 35.0 Å². The first-order chi connectivity index (χ1) is 24.7. The predicted octanol–water partition coefficient (Wildman–Crippen LogP) is 10.9. The van der Waals surface area contributed by atoms with Crippen molar-refractivity contribution in [2.24, 2.45) is 0 Å². The highest BCUT2D eigenvalue weighted by Crippen LogP contribution is 2.40. The molecule has 5 nitrogen and oxygen atoms in total. The quantitative estimate of drug-likeness (QED) is 0.192. The van der Waals surface area contributed by atoms with Crippen molar-refractivity contribution < 1.29 is 0 Å². The molecule has 0 amide bonds. The molecule has 5 heteroatoms. The van der Waals surface area contributed by atoms with Crippen LogP contribution in [-0.2, 0) is 0 Å². The van der Waals surface area contributed by atoms with E-state index in [0.717, 1.165) is 73.8 Å². The second kappa shape index (κ2) is 11.5. The van der Waals surface area contributed by atoms with Crippen molar-refractivity contribution in [1.82, 2.24) is 9.13 Å². The summed E-state index contributed by atoms with van der Waals surface area (Å²) in [7, 11) is 0. The zero-order chi connectivity index (χ0) is 33.8. The fourth-order valence-corrected chi connectivity index (χ4v) is 7.72. The van der Waals surface area contributed by atoms with Gasteiger partial charge in [0.1, 0.15) is 6.07 Å². The number of fused-ring (bicyclic) bond motifs is 6. The summed E-state index contributed by atoms with van der Waals surface area (Å²) in [5.74, 6) is 0. The molecule has 50 heavy (non-hydrogen) atoms. The van der Waals surface area contributed by atoms with Gasteiger partial charge in [0, 0.05) is 32.9 Å². The molecule has 0 saturated carbocycles. The Kier molecular flexibility index (Phi) is 6.70. The molecule has 1 aliphatic rings. The molecule has 0 spiro atoms. The first kappa shape index (κ1) is 29.0. The molecular weight excluding hydrogens is 611 g/mol. The van der Waals surface area contributed by atoms with Gasteiger partial charge in [0.25, 0.3) is 0 Å². The lowest BCUT2D eigenvalue weighted by Gasteiger charge is -2.20. The summed E-state index contributed by atoms with van der Waals surface area (Å²) in [5.41, 5.74) is 11.7. The summed E-state index contributed by atoms with van der Waals surface area (Å²) in [5, 5.41) is 34.5. The molecule has 9 rings (SSSR count). The van der Waals surface area contributed by atoms with Crippen molar-refractivity contribution in [3.05, 3.63) is 162 Å². The number of nitrogens with zero attached hydrogens (tertiary/aromatic N) is 5. The third-order valence-electron chi connectivity index (χ3n) is 9.91. The monoisotopic (exact) mass is 637 g/mol. The van der Waals surface area contributed by atoms with E-state index in [2.05, 4.69) is 106 Å². The smallest absolute Gasteiger partial charge is 0.101 e. The number of hydrogen-bond donors (Lipinski definition) is 0. The molecule has 0 atom stereocenters. The van der Waals surface area contributed by atoms with Gasteiger partial charge in [0.2, 0.25) is 0 Å². The largest absolute Gasteiger partial charge is 0.309 e. The van der Waals surface area contributed by atoms with Crippen molar-refractivity contribution >= 4 is 54.9 Å². The van der Waals surface area contributed by atoms with Gasteiger partial charge < -0.3 is 9.13 Å². The predicted molar refractivity (Wildman–Crippen MR) is 201 cm³/mol. The van der Waals surface area contributed by atoms with Crippen LogP contribution in [0.15, 0.2) is 140 Å². The van der Waals surface area contributed by atoms with E-state index in [4.69, 9.17) is 0 Å². The van der Waals surface area contributed by atoms with Gasteiger partial charge in [-0.25, -0.2) is 0 Å². The van der Waals surface area contributed by atoms with E-state index in [1.807, 2.05) is 60.7 Å². The Morgan fingerprint density at radius 2 is 1.24 bits per heavy atom. The normalized spacial score (nSPS) is 12.8. The third kappa shape index (κ3) is 4.37. The Hall–Kier alpha value is -7.13. The molecule has 8 aromatic rings. The maximum absolute atomic E-state index is 10.5. The van der Waals surface area contributed by atoms with Crippen LogP contribution in [0.5, 0.6) is 0 Å². The standard InChI is InChI=1S/C45H27N5/c46-26-29-19-22-44-40(23-29)39-15-8-10-32(27-47)45(39)49(44)34-11-7-9-30(25-34)35-21-20-31(24-33(35)28-48)36-12-1-4-16-41(36)50-42-17-5-2-13-37(42)38-14-3-6-18-43(38)50/h2-11,13-25H,1,12H2. The average Bonchev–Trinajstić information content (AvgIpc) is 3.70. The number of para-hydroxylation sites is 3. The van der Waals surface area contributed by atoms with E-state index >= 15 is 0 Å². The number of benzene rings is 6. The minimum absolute atomic E-state index is 0.554. The SMILES string of the molecule is N#Cc1ccc2c(c1)c1cccc(C#N)c1n2-c1cccc(-c2ccc(C3=C(n4c5ccccc5c5ccccc54)C=CCC3)cc2C#N)c1. The number of allylic oxidation sites excluding steroid dienone is 4. The maximum Gasteiger partial charge on any atom is 0.101 e. The molecule has 0 radical (unpaired) electrons. The maximum atomic E-state index is 10.5. The van der Waals surface area contributed by atoms with Crippen LogP contribution in [0, 0.1) is 34.0 Å². The number of rotatable bonds is 4. The van der Waals surface area contributed by atoms with Gasteiger partial charge in [-0.3, -0.25) is 0 Å². The number of nitriles is 3. The van der Waals surface area contributed by atoms with Gasteiger partial charge in [0.15, 0.2) is 0 Å². The Labute approximate surface area is 288 Å². The third-order valence-corrected chi connectivity index (χ3v) is 9.91. The van der Waals surface area contributed by atoms with Crippen LogP contribution in [0.4, 0.5) is 0 Å². The Balaban J connectivity index is 1.20. The van der Waals surface area contributed by atoms with Crippen molar-refractivity contribution in [1.29, 1.82) is 15.8 Å². The highest BCUT2D eigenvalue weighted by atomic mass is 15.0. The molecule has 0 aliphatic heterocycles. The molecule has 0 unspecified atom stereocenters. The van der Waals surface area contributed by atoms with Gasteiger partial charge >= 0.3 is 0 Å². The first-order valence-corrected chi connectivity index (χ1v) is 16.6. The molecule has 0 bridgehead atoms. The molecule has 232 valence electrons. The molecule has 2 aromatic heterocycles. The molecule has 2 heterocycles. The number of hydrogen-bond acceptors (Lipinski definition) is 3. The first-order valence-electron chi connectivity index (χ1n) is 16.6. The van der Waals surface area contributed by atoms with Crippen LogP contribution in [-0.4, -0.2) is 9.13 Å². The Bertz CT molecular complexity index is 2860. The van der Waals surface area contributed by atoms with Gasteiger partial charge in [-0.1, -0.05) is 78.9 Å². The second-order valence-corrected chi connectivity index (χ2v) is 12.6. The van der Waals surface area contributed by atoms with Crippen LogP contribution < -0.4 is 0 Å². The lowest BCUT2D eigenvalue weighted by atomic mass is 9.90. The summed E-state index contributed by atoms with van der Waals surface area (Å²) in [4.78, 5) is 0. The van der Waals surface area contributed by atoms with Gasteiger partial charge in [-0.2, -0.15) is 15.8 Å². The van der Waals surface area contributed by atoms with E-state index in [1.54, 1.807) is 0 Å². The van der Waals surface area contributed by atoms with E-state index < -0.39 is 0 Å². The van der Waals surface area contributed by atoms with Crippen LogP contribution in [0.3, 0.4) is 0 Å². The second-order valence-electron chi connectivity index (χ2n) is 12.6. The van der Waals surface area contributed by atoms with Gasteiger partial charge in [0.05, 0.1) is 50.9 Å². The van der Waals surface area contributed by atoms with E-state index in [-0.39, 0.29) is 0 Å². The minimum atomic E-state index is 0.554. The Morgan fingerprint density at radius 1 is 0.520 bits per heavy atom. The van der Waals surface area contributed by atoms with Gasteiger partial charge in [-0.15, -0.1) is 0 Å². The zero-order valence-corrected chi connectivity index (χ0v) is 26.9. The molecule has 0 fully saturated rings. The summed E-state index contributed by atoms with van der Waals surface area (Å²) < 4.78 is 4.45. The van der Waals surface area contributed by atoms with Crippen molar-refractivity contribution in [3.63, 3.8) is 0 Å². The average molecular weight is 638 g/mol. The topological polar surface area (TPSA) is 81.2 Å². The Morgan fingerprint density at radius 3 is 2.00 bits per heavy atom. The van der Waals surface area contributed by atoms with Gasteiger partial charge in [-0.05, 0) is 95.8 Å². The summed E-state index contributed by atoms with van der Waals surface area (Å²) >= 11 is 0. The number of aromatic nitrogens is 2. The lowest BCUT2D eigenvalue weighted by Crippen LogP contribution is -2.03. The van der Waals surface area contributed by atoms with Crippen LogP contribution in [0.2, 0.25) is 0 Å². The molecule has 1 aliphatic carbocycles. The fourth-order valence-electron chi connectivity index (χ4n) is 7.72. The van der Waals surface area contributed by atoms with E-state index in [9.17, 15) is 15.8 Å². The van der Waals surface area contributed by atoms with E-state index in [0.29, 0.717) is 16.7 Å². The van der Waals surface area contributed by atoms with Crippen LogP contribution in [0.25, 0.3) is 71.7 Å². The zero-order valence-electron chi connectivity index (χ0n) is 26.9. The highest BCUT2D eigenvalue weighted by Gasteiger charge is 2.20. The fraction of sp³-hybridized carbons (Fsp3) is 0.0444. The summed E-state index contributed by atoms with van der Waals surface area (Å²) in [6.07, 6.45) is 6.26. The van der Waals surface area contributed by atoms with Crippen LogP contribution >= 0.6 is 0 Å². The summed E-state index contributed by atoms with van der Waals surface area (Å²) in [6.45, 7) is 0. The highest BCUT2D eigenvalue weighted by molar-refractivity contribution is 6.13. The molecular formula is C45H27N5. The van der Waals surface area contributed by atoms with Crippen molar-refractivity contribution in [2.75, 3.05) is 0 Å². The minimum Gasteiger partial charge on any atom is -0.309 e. The van der Waals surface area contributed by atoms with Crippen molar-refractivity contribution in [2.45, 2.75) is 12.8 Å². The molecule has 0 N–H and O–H groups in total. The molecule has 6 aromatic carbocycles. The van der Waals surface area contributed by atoms with Crippen LogP contribution in [0.1, 0.15) is 35.1 Å². The lowest BCUT2D eigenvalue weighted by molar-refractivity contribution is 1.04. The summed E-state index contributed by atoms with van der Waals surface area (Å²) in [6, 6.07) is 49.9. The van der Waals surface area contributed by atoms with E-state index in [1.165, 1.54) is 16.3 Å². The molecule has 0 saturated heterocycles.